The van der Waals surface area contributed by atoms with Crippen molar-refractivity contribution in [2.75, 3.05) is 0 Å². The van der Waals surface area contributed by atoms with E-state index in [0.29, 0.717) is 11.3 Å². The van der Waals surface area contributed by atoms with E-state index in [1.807, 2.05) is 0 Å². The minimum atomic E-state index is -0.628. The van der Waals surface area contributed by atoms with Gasteiger partial charge in [-0.1, -0.05) is 35.2 Å². The van der Waals surface area contributed by atoms with Crippen LogP contribution in [-0.4, -0.2) is 14.1 Å². The molecule has 0 saturated heterocycles. The predicted octanol–water partition coefficient (Wildman–Crippen LogP) is 3.45. The molecule has 3 aromatic rings. The Balaban J connectivity index is 2.44. The van der Waals surface area contributed by atoms with E-state index < -0.39 is 17.1 Å². The van der Waals surface area contributed by atoms with Gasteiger partial charge in [0.1, 0.15) is 5.82 Å². The molecule has 0 bridgehead atoms. The quantitative estimate of drug-likeness (QED) is 0.629. The Morgan fingerprint density at radius 2 is 1.96 bits per heavy atom. The number of nitrogens with zero attached hydrogens (tertiary/aromatic N) is 3. The lowest BCUT2D eigenvalue weighted by molar-refractivity contribution is 0.628. The van der Waals surface area contributed by atoms with Crippen molar-refractivity contribution in [3.8, 4) is 29.2 Å². The zero-order valence-corrected chi connectivity index (χ0v) is 15.6. The standard InChI is InChI=1S/C19H12Cl2FN3O2/c1-3-6-24-11(2)17(12-4-5-16(22)15(21)7-12)18(26)25(19(24)27)14-8-13(20)9-23-10-14/h1,4-5,7-10H,6H2,2H3. The Kier molecular flexibility index (Phi) is 5.17. The van der Waals surface area contributed by atoms with Crippen LogP contribution in [0.5, 0.6) is 0 Å². The van der Waals surface area contributed by atoms with Crippen LogP contribution in [-0.2, 0) is 6.54 Å². The van der Waals surface area contributed by atoms with Crippen molar-refractivity contribution in [3.05, 3.63) is 79.1 Å². The van der Waals surface area contributed by atoms with Crippen molar-refractivity contribution in [1.82, 2.24) is 14.1 Å². The maximum Gasteiger partial charge on any atom is 0.336 e. The predicted molar refractivity (Wildman–Crippen MR) is 103 cm³/mol. The third-order valence-electron chi connectivity index (χ3n) is 4.01. The van der Waals surface area contributed by atoms with Crippen LogP contribution in [0.15, 0.2) is 46.2 Å². The summed E-state index contributed by atoms with van der Waals surface area (Å²) in [5.74, 6) is 1.78. The average Bonchev–Trinajstić information content (AvgIpc) is 2.62. The number of rotatable bonds is 3. The van der Waals surface area contributed by atoms with Gasteiger partial charge in [-0.05, 0) is 30.7 Å². The topological polar surface area (TPSA) is 56.9 Å². The van der Waals surface area contributed by atoms with Gasteiger partial charge < -0.3 is 0 Å². The molecule has 27 heavy (non-hydrogen) atoms. The summed E-state index contributed by atoms with van der Waals surface area (Å²) in [5, 5.41) is 0.117. The second-order valence-corrected chi connectivity index (χ2v) is 6.51. The summed E-state index contributed by atoms with van der Waals surface area (Å²) >= 11 is 11.8. The minimum absolute atomic E-state index is 0.0547. The molecule has 0 unspecified atom stereocenters. The molecule has 3 rings (SSSR count). The van der Waals surface area contributed by atoms with Crippen LogP contribution in [0.25, 0.3) is 16.8 Å². The Hall–Kier alpha value is -2.88. The van der Waals surface area contributed by atoms with Gasteiger partial charge in [0.25, 0.3) is 5.56 Å². The highest BCUT2D eigenvalue weighted by molar-refractivity contribution is 6.31. The van der Waals surface area contributed by atoms with Gasteiger partial charge in [-0.2, -0.15) is 0 Å². The molecule has 0 N–H and O–H groups in total. The second kappa shape index (κ2) is 7.39. The number of hydrogen-bond acceptors (Lipinski definition) is 3. The first-order valence-corrected chi connectivity index (χ1v) is 8.47. The Morgan fingerprint density at radius 3 is 2.59 bits per heavy atom. The summed E-state index contributed by atoms with van der Waals surface area (Å²) < 4.78 is 15.7. The van der Waals surface area contributed by atoms with E-state index in [4.69, 9.17) is 29.6 Å². The molecule has 1 aromatic carbocycles. The molecule has 0 aliphatic rings. The van der Waals surface area contributed by atoms with E-state index in [1.54, 1.807) is 6.92 Å². The number of aromatic nitrogens is 3. The van der Waals surface area contributed by atoms with Crippen LogP contribution in [0.3, 0.4) is 0 Å². The van der Waals surface area contributed by atoms with Crippen molar-refractivity contribution < 1.29 is 4.39 Å². The summed E-state index contributed by atoms with van der Waals surface area (Å²) in [5.41, 5.74) is -0.172. The maximum absolute atomic E-state index is 13.5. The SMILES string of the molecule is C#CCn1c(C)c(-c2ccc(F)c(Cl)c2)c(=O)n(-c2cncc(Cl)c2)c1=O. The lowest BCUT2D eigenvalue weighted by Gasteiger charge is -2.16. The van der Waals surface area contributed by atoms with Crippen LogP contribution in [0.2, 0.25) is 10.0 Å². The molecule has 2 heterocycles. The van der Waals surface area contributed by atoms with Crippen LogP contribution in [0.1, 0.15) is 5.69 Å². The van der Waals surface area contributed by atoms with Crippen LogP contribution in [0, 0.1) is 25.1 Å². The molecule has 0 spiro atoms. The summed E-state index contributed by atoms with van der Waals surface area (Å²) in [6.45, 7) is 1.54. The number of hydrogen-bond donors (Lipinski definition) is 0. The van der Waals surface area contributed by atoms with Gasteiger partial charge in [0.15, 0.2) is 0 Å². The molecular formula is C19H12Cl2FN3O2. The third-order valence-corrected chi connectivity index (χ3v) is 4.51. The highest BCUT2D eigenvalue weighted by atomic mass is 35.5. The molecule has 2 aromatic heterocycles. The van der Waals surface area contributed by atoms with Crippen LogP contribution in [0.4, 0.5) is 4.39 Å². The van der Waals surface area contributed by atoms with Gasteiger partial charge in [-0.25, -0.2) is 13.8 Å². The number of terminal acetylenes is 1. The van der Waals surface area contributed by atoms with Crippen molar-refractivity contribution in [1.29, 1.82) is 0 Å². The number of pyridine rings is 1. The molecule has 5 nitrogen and oxygen atoms in total. The zero-order valence-electron chi connectivity index (χ0n) is 14.0. The monoisotopic (exact) mass is 403 g/mol. The molecule has 0 radical (unpaired) electrons. The summed E-state index contributed by atoms with van der Waals surface area (Å²) in [4.78, 5) is 30.0. The molecule has 0 saturated carbocycles. The second-order valence-electron chi connectivity index (χ2n) is 5.66. The normalized spacial score (nSPS) is 10.6. The largest absolute Gasteiger partial charge is 0.336 e. The maximum atomic E-state index is 13.5. The molecule has 0 aliphatic carbocycles. The van der Waals surface area contributed by atoms with Crippen molar-refractivity contribution in [2.45, 2.75) is 13.5 Å². The third kappa shape index (κ3) is 3.39. The zero-order chi connectivity index (χ0) is 19.7. The molecule has 0 amide bonds. The molecule has 136 valence electrons. The minimum Gasteiger partial charge on any atom is -0.285 e. The highest BCUT2D eigenvalue weighted by Gasteiger charge is 2.19. The smallest absolute Gasteiger partial charge is 0.285 e. The van der Waals surface area contributed by atoms with Crippen molar-refractivity contribution >= 4 is 23.2 Å². The number of halogens is 3. The molecular weight excluding hydrogens is 392 g/mol. The van der Waals surface area contributed by atoms with E-state index in [0.717, 1.165) is 10.6 Å². The van der Waals surface area contributed by atoms with Crippen LogP contribution < -0.4 is 11.2 Å². The highest BCUT2D eigenvalue weighted by Crippen LogP contribution is 2.25. The van der Waals surface area contributed by atoms with E-state index in [-0.39, 0.29) is 27.8 Å². The molecule has 0 aliphatic heterocycles. The van der Waals surface area contributed by atoms with Crippen molar-refractivity contribution in [2.24, 2.45) is 0 Å². The molecule has 8 heteroatoms. The lowest BCUT2D eigenvalue weighted by atomic mass is 10.1. The fourth-order valence-corrected chi connectivity index (χ4v) is 3.11. The summed E-state index contributed by atoms with van der Waals surface area (Å²) in [6, 6.07) is 5.33. The van der Waals surface area contributed by atoms with Gasteiger partial charge in [0.2, 0.25) is 0 Å². The van der Waals surface area contributed by atoms with E-state index in [9.17, 15) is 14.0 Å². The number of benzene rings is 1. The van der Waals surface area contributed by atoms with Gasteiger partial charge in [0.05, 0.1) is 34.0 Å². The van der Waals surface area contributed by atoms with E-state index >= 15 is 0 Å². The van der Waals surface area contributed by atoms with Gasteiger partial charge in [-0.3, -0.25) is 14.3 Å². The lowest BCUT2D eigenvalue weighted by Crippen LogP contribution is -2.41. The fraction of sp³-hybridized carbons (Fsp3) is 0.105. The Morgan fingerprint density at radius 1 is 1.22 bits per heavy atom. The molecule has 0 atom stereocenters. The Labute approximate surface area is 163 Å². The Bertz CT molecular complexity index is 1210. The van der Waals surface area contributed by atoms with Crippen LogP contribution >= 0.6 is 23.2 Å². The fourth-order valence-electron chi connectivity index (χ4n) is 2.76. The average molecular weight is 404 g/mol. The van der Waals surface area contributed by atoms with Gasteiger partial charge >= 0.3 is 5.69 Å². The van der Waals surface area contributed by atoms with Gasteiger partial charge in [0, 0.05) is 11.9 Å². The first-order valence-electron chi connectivity index (χ1n) is 7.71. The van der Waals surface area contributed by atoms with E-state index in [2.05, 4.69) is 10.9 Å². The summed E-state index contributed by atoms with van der Waals surface area (Å²) in [6.07, 6.45) is 8.10. The first-order chi connectivity index (χ1) is 12.8. The first kappa shape index (κ1) is 18.9. The van der Waals surface area contributed by atoms with Gasteiger partial charge in [-0.15, -0.1) is 6.42 Å². The summed E-state index contributed by atoms with van der Waals surface area (Å²) in [7, 11) is 0. The van der Waals surface area contributed by atoms with Crippen molar-refractivity contribution in [3.63, 3.8) is 0 Å². The van der Waals surface area contributed by atoms with E-state index in [1.165, 1.54) is 35.2 Å². The molecule has 0 fully saturated rings.